The summed E-state index contributed by atoms with van der Waals surface area (Å²) in [4.78, 5) is 67.8. The van der Waals surface area contributed by atoms with Crippen molar-refractivity contribution in [2.75, 3.05) is 39.7 Å². The van der Waals surface area contributed by atoms with Gasteiger partial charge >= 0.3 is 24.0 Å². The number of nitrogens with two attached hydrogens (primary N) is 2. The SMILES string of the molecule is COC(=O)Cc1cc(C#CCOC(=O)Cc2ccc(N)nc2)cc(C#CCOC(=O)NC2CC(C(=O)OC)N(C(=O)CCc3cccc(CN)c3)C2)c1.Cl.Cl. The fourth-order valence-electron chi connectivity index (χ4n) is 5.52. The highest BCUT2D eigenvalue weighted by Crippen LogP contribution is 2.21. The molecular formula is C39H43Cl2N5O9. The number of methoxy groups -OCH3 is 2. The van der Waals surface area contributed by atoms with Gasteiger partial charge in [0.1, 0.15) is 11.9 Å². The van der Waals surface area contributed by atoms with Crippen LogP contribution in [0.25, 0.3) is 0 Å². The van der Waals surface area contributed by atoms with Gasteiger partial charge in [-0.15, -0.1) is 24.8 Å². The van der Waals surface area contributed by atoms with Crippen LogP contribution < -0.4 is 16.8 Å². The number of halogens is 2. The number of anilines is 1. The number of likely N-dealkylation sites (tertiary alicyclic amines) is 1. The second kappa shape index (κ2) is 23.1. The van der Waals surface area contributed by atoms with Gasteiger partial charge in [0.15, 0.2) is 13.2 Å². The molecule has 0 aliphatic carbocycles. The van der Waals surface area contributed by atoms with E-state index in [1.807, 2.05) is 24.3 Å². The van der Waals surface area contributed by atoms with Gasteiger partial charge in [0.2, 0.25) is 5.91 Å². The first-order valence-corrected chi connectivity index (χ1v) is 16.7. The number of carbonyl (C=O) groups is 5. The third kappa shape index (κ3) is 14.9. The van der Waals surface area contributed by atoms with Crippen molar-refractivity contribution in [1.82, 2.24) is 15.2 Å². The third-order valence-electron chi connectivity index (χ3n) is 8.08. The van der Waals surface area contributed by atoms with Gasteiger partial charge in [-0.3, -0.25) is 14.4 Å². The van der Waals surface area contributed by atoms with E-state index in [0.717, 1.165) is 11.1 Å². The summed E-state index contributed by atoms with van der Waals surface area (Å²) in [5, 5.41) is 2.70. The molecule has 2 heterocycles. The van der Waals surface area contributed by atoms with E-state index in [4.69, 9.17) is 30.4 Å². The zero-order valence-corrected chi connectivity index (χ0v) is 32.0. The molecule has 0 bridgehead atoms. The quantitative estimate of drug-likeness (QED) is 0.138. The number of alkyl carbamates (subject to hydrolysis) is 1. The van der Waals surface area contributed by atoms with Crippen LogP contribution in [0.3, 0.4) is 0 Å². The van der Waals surface area contributed by atoms with Gasteiger partial charge in [-0.05, 0) is 52.9 Å². The number of nitrogens with one attached hydrogen (secondary N) is 1. The lowest BCUT2D eigenvalue weighted by Gasteiger charge is -2.22. The fourth-order valence-corrected chi connectivity index (χ4v) is 5.52. The van der Waals surface area contributed by atoms with Crippen molar-refractivity contribution in [2.24, 2.45) is 5.73 Å². The minimum Gasteiger partial charge on any atom is -0.469 e. The van der Waals surface area contributed by atoms with Gasteiger partial charge in [-0.2, -0.15) is 0 Å². The van der Waals surface area contributed by atoms with E-state index >= 15 is 0 Å². The van der Waals surface area contributed by atoms with Crippen molar-refractivity contribution in [1.29, 1.82) is 0 Å². The Labute approximate surface area is 331 Å². The highest BCUT2D eigenvalue weighted by atomic mass is 35.5. The lowest BCUT2D eigenvalue weighted by Crippen LogP contribution is -2.42. The molecule has 0 radical (unpaired) electrons. The molecule has 1 aromatic heterocycles. The van der Waals surface area contributed by atoms with E-state index in [1.165, 1.54) is 25.3 Å². The van der Waals surface area contributed by atoms with Crippen molar-refractivity contribution < 1.29 is 42.9 Å². The minimum absolute atomic E-state index is 0. The molecule has 5 N–H and O–H groups in total. The van der Waals surface area contributed by atoms with Crippen LogP contribution >= 0.6 is 24.8 Å². The lowest BCUT2D eigenvalue weighted by molar-refractivity contribution is -0.150. The van der Waals surface area contributed by atoms with Crippen LogP contribution in [-0.4, -0.2) is 85.9 Å². The first kappa shape index (κ1) is 45.4. The molecule has 1 aliphatic rings. The number of aromatic nitrogens is 1. The monoisotopic (exact) mass is 795 g/mol. The van der Waals surface area contributed by atoms with Crippen LogP contribution in [0.4, 0.5) is 10.6 Å². The molecule has 1 fully saturated rings. The van der Waals surface area contributed by atoms with E-state index in [0.29, 0.717) is 41.0 Å². The third-order valence-corrected chi connectivity index (χ3v) is 8.08. The molecule has 4 rings (SSSR count). The van der Waals surface area contributed by atoms with E-state index in [2.05, 4.69) is 34.0 Å². The Morgan fingerprint density at radius 3 is 2.15 bits per heavy atom. The number of nitrogen functional groups attached to an aromatic ring is 1. The molecule has 0 spiro atoms. The maximum atomic E-state index is 13.1. The number of aryl methyl sites for hydroxylation is 1. The second-order valence-electron chi connectivity index (χ2n) is 12.0. The molecule has 14 nitrogen and oxygen atoms in total. The van der Waals surface area contributed by atoms with Gasteiger partial charge in [0, 0.05) is 43.3 Å². The Morgan fingerprint density at radius 1 is 0.836 bits per heavy atom. The molecule has 16 heteroatoms. The van der Waals surface area contributed by atoms with Crippen LogP contribution in [0.5, 0.6) is 0 Å². The maximum Gasteiger partial charge on any atom is 0.408 e. The van der Waals surface area contributed by atoms with E-state index < -0.39 is 36.1 Å². The molecule has 292 valence electrons. The molecule has 1 saturated heterocycles. The van der Waals surface area contributed by atoms with E-state index in [9.17, 15) is 24.0 Å². The van der Waals surface area contributed by atoms with Crippen molar-refractivity contribution in [3.05, 3.63) is 94.2 Å². The van der Waals surface area contributed by atoms with Gasteiger partial charge in [-0.1, -0.05) is 54.0 Å². The molecule has 55 heavy (non-hydrogen) atoms. The van der Waals surface area contributed by atoms with Crippen LogP contribution in [-0.2, 0) is 63.9 Å². The summed E-state index contributed by atoms with van der Waals surface area (Å²) in [7, 11) is 2.53. The Kier molecular flexibility index (Phi) is 19.0. The Morgan fingerprint density at radius 2 is 1.51 bits per heavy atom. The fraction of sp³-hybridized carbons (Fsp3) is 0.333. The predicted octanol–water partition coefficient (Wildman–Crippen LogP) is 2.67. The van der Waals surface area contributed by atoms with Gasteiger partial charge in [0.05, 0.1) is 33.1 Å². The molecule has 2 amide bonds. The molecule has 2 atom stereocenters. The van der Waals surface area contributed by atoms with E-state index in [1.54, 1.807) is 30.3 Å². The molecule has 1 aliphatic heterocycles. The average Bonchev–Trinajstić information content (AvgIpc) is 3.58. The number of esters is 3. The number of amides is 2. The highest BCUT2D eigenvalue weighted by Gasteiger charge is 2.40. The van der Waals surface area contributed by atoms with Crippen molar-refractivity contribution in [2.45, 2.75) is 50.7 Å². The normalized spacial score (nSPS) is 13.9. The van der Waals surface area contributed by atoms with Crippen LogP contribution in [0, 0.1) is 23.7 Å². The zero-order chi connectivity index (χ0) is 38.2. The summed E-state index contributed by atoms with van der Waals surface area (Å²) in [5.74, 6) is 9.94. The summed E-state index contributed by atoms with van der Waals surface area (Å²) in [5.41, 5.74) is 15.4. The average molecular weight is 797 g/mol. The van der Waals surface area contributed by atoms with Crippen LogP contribution in [0.15, 0.2) is 60.8 Å². The largest absolute Gasteiger partial charge is 0.469 e. The number of hydrogen-bond acceptors (Lipinski definition) is 12. The van der Waals surface area contributed by atoms with Gasteiger partial charge < -0.3 is 40.6 Å². The number of rotatable bonds is 12. The highest BCUT2D eigenvalue weighted by molar-refractivity contribution is 5.86. The first-order chi connectivity index (χ1) is 25.6. The topological polar surface area (TPSA) is 202 Å². The molecular weight excluding hydrogens is 753 g/mol. The summed E-state index contributed by atoms with van der Waals surface area (Å²) < 4.78 is 20.1. The number of benzene rings is 2. The lowest BCUT2D eigenvalue weighted by atomic mass is 10.0. The molecule has 2 unspecified atom stereocenters. The Hall–Kier alpha value is -5.80. The van der Waals surface area contributed by atoms with Crippen LogP contribution in [0.1, 0.15) is 46.2 Å². The molecule has 0 saturated carbocycles. The number of hydrogen-bond donors (Lipinski definition) is 3. The van der Waals surface area contributed by atoms with Gasteiger partial charge in [-0.25, -0.2) is 14.6 Å². The Bertz CT molecular complexity index is 1940. The standard InChI is InChI=1S/C39H41N5O9.2ClH/c1-50-36(46)21-31-18-27(8-4-14-52-37(47)20-30-10-12-34(41)42-24-30)17-28(19-31)9-5-15-53-39(49)43-32-22-33(38(48)51-2)44(25-32)35(45)13-11-26-6-3-7-29(16-26)23-40;;/h3,6-7,10,12,16-19,24,32-33H,11,13-15,20-23,25,40H2,1-2H3,(H2,41,42)(H,43,49);2*1H. The summed E-state index contributed by atoms with van der Waals surface area (Å²) in [6.45, 7) is 0.0639. The van der Waals surface area contributed by atoms with E-state index in [-0.39, 0.29) is 76.2 Å². The molecule has 2 aromatic carbocycles. The van der Waals surface area contributed by atoms with Gasteiger partial charge in [0.25, 0.3) is 0 Å². The number of ether oxygens (including phenoxy) is 4. The number of pyridine rings is 1. The second-order valence-corrected chi connectivity index (χ2v) is 12.0. The predicted molar refractivity (Wildman–Crippen MR) is 207 cm³/mol. The first-order valence-electron chi connectivity index (χ1n) is 16.7. The van der Waals surface area contributed by atoms with Crippen molar-refractivity contribution in [3.8, 4) is 23.7 Å². The van der Waals surface area contributed by atoms with Crippen molar-refractivity contribution >= 4 is 60.5 Å². The van der Waals surface area contributed by atoms with Crippen LogP contribution in [0.2, 0.25) is 0 Å². The zero-order valence-electron chi connectivity index (χ0n) is 30.3. The summed E-state index contributed by atoms with van der Waals surface area (Å²) in [6, 6.07) is 14.6. The summed E-state index contributed by atoms with van der Waals surface area (Å²) in [6.07, 6.45) is 1.51. The minimum atomic E-state index is -0.846. The smallest absolute Gasteiger partial charge is 0.408 e. The number of nitrogens with zero attached hydrogens (tertiary/aromatic N) is 2. The maximum absolute atomic E-state index is 13.1. The Balaban J connectivity index is 0.00000523. The number of carbonyl (C=O) groups excluding carboxylic acids is 5. The van der Waals surface area contributed by atoms with Crippen molar-refractivity contribution in [3.63, 3.8) is 0 Å². The molecule has 3 aromatic rings. The summed E-state index contributed by atoms with van der Waals surface area (Å²) >= 11 is 0.